The van der Waals surface area contributed by atoms with Crippen LogP contribution in [0.4, 0.5) is 0 Å². The Kier molecular flexibility index (Phi) is 3.82. The van der Waals surface area contributed by atoms with Gasteiger partial charge < -0.3 is 9.47 Å². The third-order valence-electron chi connectivity index (χ3n) is 4.35. The van der Waals surface area contributed by atoms with Crippen LogP contribution in [-0.2, 0) is 11.3 Å². The molecule has 0 aromatic carbocycles. The Morgan fingerprint density at radius 3 is 3.27 bits per heavy atom. The van der Waals surface area contributed by atoms with E-state index < -0.39 is 0 Å². The van der Waals surface area contributed by atoms with Gasteiger partial charge in [-0.05, 0) is 18.6 Å². The Morgan fingerprint density at radius 1 is 1.45 bits per heavy atom. The first-order valence-corrected chi connectivity index (χ1v) is 8.51. The lowest BCUT2D eigenvalue weighted by molar-refractivity contribution is 0.00933. The number of ether oxygens (including phenoxy) is 2. The summed E-state index contributed by atoms with van der Waals surface area (Å²) in [5.74, 6) is 0.825. The Hall–Kier alpha value is -1.50. The van der Waals surface area contributed by atoms with Crippen molar-refractivity contribution in [1.82, 2.24) is 14.9 Å². The van der Waals surface area contributed by atoms with Crippen molar-refractivity contribution in [2.75, 3.05) is 19.7 Å². The second kappa shape index (κ2) is 5.95. The van der Waals surface area contributed by atoms with Crippen molar-refractivity contribution in [3.63, 3.8) is 0 Å². The molecule has 0 saturated carbocycles. The summed E-state index contributed by atoms with van der Waals surface area (Å²) in [4.78, 5) is 10.9. The molecule has 2 aromatic heterocycles. The zero-order chi connectivity index (χ0) is 14.8. The van der Waals surface area contributed by atoms with E-state index in [0.29, 0.717) is 6.61 Å². The summed E-state index contributed by atoms with van der Waals surface area (Å²) in [6.45, 7) is 3.63. The number of hydrogen-bond acceptors (Lipinski definition) is 6. The minimum Gasteiger partial charge on any atom is -0.486 e. The van der Waals surface area contributed by atoms with Gasteiger partial charge in [-0.1, -0.05) is 0 Å². The molecule has 0 amide bonds. The monoisotopic (exact) mass is 317 g/mol. The quantitative estimate of drug-likeness (QED) is 0.866. The maximum absolute atomic E-state index is 6.13. The van der Waals surface area contributed by atoms with Gasteiger partial charge in [0.15, 0.2) is 0 Å². The van der Waals surface area contributed by atoms with Crippen LogP contribution in [0.2, 0.25) is 0 Å². The van der Waals surface area contributed by atoms with Crippen LogP contribution in [0.25, 0.3) is 0 Å². The average Bonchev–Trinajstić information content (AvgIpc) is 3.25. The van der Waals surface area contributed by atoms with Crippen molar-refractivity contribution < 1.29 is 9.47 Å². The fraction of sp³-hybridized carbons (Fsp3) is 0.500. The number of hydrogen-bond donors (Lipinski definition) is 0. The molecule has 0 unspecified atom stereocenters. The second-order valence-corrected chi connectivity index (χ2v) is 6.99. The predicted molar refractivity (Wildman–Crippen MR) is 84.0 cm³/mol. The van der Waals surface area contributed by atoms with Gasteiger partial charge in [0.05, 0.1) is 24.9 Å². The van der Waals surface area contributed by atoms with Gasteiger partial charge in [-0.25, -0.2) is 4.98 Å². The summed E-state index contributed by atoms with van der Waals surface area (Å²) in [5.41, 5.74) is -0.0376. The summed E-state index contributed by atoms with van der Waals surface area (Å²) >= 11 is 1.72. The molecule has 4 heterocycles. The third-order valence-corrected chi connectivity index (χ3v) is 5.11. The highest BCUT2D eigenvalue weighted by Crippen LogP contribution is 2.37. The molecule has 0 radical (unpaired) electrons. The molecule has 0 N–H and O–H groups in total. The van der Waals surface area contributed by atoms with Gasteiger partial charge in [-0.15, -0.1) is 11.3 Å². The Balaban J connectivity index is 1.34. The molecule has 6 heteroatoms. The number of rotatable bonds is 4. The van der Waals surface area contributed by atoms with Gasteiger partial charge in [0.2, 0.25) is 0 Å². The standard InChI is InChI=1S/C16H19N3O2S/c1-2-13(9-17-4-1)21-14-8-16(20-11-14)3-6-19(12-16)10-15-18-5-7-22-15/h1-2,4-5,7,9,14H,3,6,8,10-12H2/t14-,16+/m1/s1. The zero-order valence-electron chi connectivity index (χ0n) is 12.4. The summed E-state index contributed by atoms with van der Waals surface area (Å²) in [7, 11) is 0. The minimum atomic E-state index is -0.0376. The molecule has 0 aliphatic carbocycles. The lowest BCUT2D eigenvalue weighted by Crippen LogP contribution is -2.33. The molecular formula is C16H19N3O2S. The van der Waals surface area contributed by atoms with E-state index in [1.165, 1.54) is 5.01 Å². The van der Waals surface area contributed by atoms with Crippen LogP contribution in [0.1, 0.15) is 17.8 Å². The first-order chi connectivity index (χ1) is 10.8. The highest BCUT2D eigenvalue weighted by Gasteiger charge is 2.46. The SMILES string of the molecule is c1cncc(O[C@H]2CO[C@@]3(CCN(Cc4nccs4)C3)C2)c1. The topological polar surface area (TPSA) is 47.5 Å². The van der Waals surface area contributed by atoms with Crippen molar-refractivity contribution >= 4 is 11.3 Å². The minimum absolute atomic E-state index is 0.0376. The van der Waals surface area contributed by atoms with Crippen molar-refractivity contribution in [1.29, 1.82) is 0 Å². The van der Waals surface area contributed by atoms with E-state index in [0.717, 1.165) is 38.2 Å². The van der Waals surface area contributed by atoms with Crippen molar-refractivity contribution in [2.24, 2.45) is 0 Å². The molecule has 5 nitrogen and oxygen atoms in total. The van der Waals surface area contributed by atoms with Crippen LogP contribution in [0.15, 0.2) is 36.1 Å². The van der Waals surface area contributed by atoms with Gasteiger partial charge >= 0.3 is 0 Å². The van der Waals surface area contributed by atoms with Crippen molar-refractivity contribution in [3.8, 4) is 5.75 Å². The zero-order valence-corrected chi connectivity index (χ0v) is 13.2. The molecule has 2 fully saturated rings. The van der Waals surface area contributed by atoms with E-state index in [1.54, 1.807) is 23.7 Å². The van der Waals surface area contributed by atoms with Gasteiger partial charge in [0, 0.05) is 37.3 Å². The maximum atomic E-state index is 6.13. The van der Waals surface area contributed by atoms with E-state index in [9.17, 15) is 0 Å². The van der Waals surface area contributed by atoms with Crippen molar-refractivity contribution in [2.45, 2.75) is 31.1 Å². The second-order valence-electron chi connectivity index (χ2n) is 6.01. The van der Waals surface area contributed by atoms with Crippen LogP contribution in [-0.4, -0.2) is 46.3 Å². The van der Waals surface area contributed by atoms with Crippen LogP contribution >= 0.6 is 11.3 Å². The van der Waals surface area contributed by atoms with Gasteiger partial charge in [-0.3, -0.25) is 9.88 Å². The smallest absolute Gasteiger partial charge is 0.138 e. The lowest BCUT2D eigenvalue weighted by Gasteiger charge is -2.23. The predicted octanol–water partition coefficient (Wildman–Crippen LogP) is 2.35. The maximum Gasteiger partial charge on any atom is 0.138 e. The van der Waals surface area contributed by atoms with Crippen LogP contribution in [0, 0.1) is 0 Å². The van der Waals surface area contributed by atoms with E-state index in [-0.39, 0.29) is 11.7 Å². The molecule has 116 valence electrons. The van der Waals surface area contributed by atoms with Crippen molar-refractivity contribution in [3.05, 3.63) is 41.1 Å². The fourth-order valence-electron chi connectivity index (χ4n) is 3.36. The molecule has 2 aliphatic rings. The summed E-state index contributed by atoms with van der Waals surface area (Å²) in [6, 6.07) is 3.84. The molecule has 0 bridgehead atoms. The number of likely N-dealkylation sites (tertiary alicyclic amines) is 1. The largest absolute Gasteiger partial charge is 0.486 e. The molecule has 2 aliphatic heterocycles. The fourth-order valence-corrected chi connectivity index (χ4v) is 4.01. The van der Waals surface area contributed by atoms with E-state index >= 15 is 0 Å². The van der Waals surface area contributed by atoms with Crippen LogP contribution in [0.3, 0.4) is 0 Å². The number of thiazole rings is 1. The average molecular weight is 317 g/mol. The highest BCUT2D eigenvalue weighted by molar-refractivity contribution is 7.09. The Morgan fingerprint density at radius 2 is 2.45 bits per heavy atom. The van der Waals surface area contributed by atoms with Gasteiger partial charge in [-0.2, -0.15) is 0 Å². The molecule has 2 saturated heterocycles. The number of aromatic nitrogens is 2. The molecule has 4 rings (SSSR count). The molecular weight excluding hydrogens is 298 g/mol. The molecule has 2 atom stereocenters. The first-order valence-electron chi connectivity index (χ1n) is 7.63. The van der Waals surface area contributed by atoms with Crippen LogP contribution < -0.4 is 4.74 Å². The first kappa shape index (κ1) is 14.1. The Labute approximate surface area is 133 Å². The van der Waals surface area contributed by atoms with E-state index in [1.807, 2.05) is 23.7 Å². The molecule has 2 aromatic rings. The number of pyridine rings is 1. The highest BCUT2D eigenvalue weighted by atomic mass is 32.1. The summed E-state index contributed by atoms with van der Waals surface area (Å²) in [5, 5.41) is 3.21. The molecule has 22 heavy (non-hydrogen) atoms. The van der Waals surface area contributed by atoms with E-state index in [4.69, 9.17) is 9.47 Å². The number of nitrogens with zero attached hydrogens (tertiary/aromatic N) is 3. The van der Waals surface area contributed by atoms with Gasteiger partial charge in [0.1, 0.15) is 16.9 Å². The Bertz CT molecular complexity index is 607. The van der Waals surface area contributed by atoms with Crippen LogP contribution in [0.5, 0.6) is 5.75 Å². The van der Waals surface area contributed by atoms with Gasteiger partial charge in [0.25, 0.3) is 0 Å². The lowest BCUT2D eigenvalue weighted by atomic mass is 9.98. The normalized spacial score (nSPS) is 28.5. The van der Waals surface area contributed by atoms with E-state index in [2.05, 4.69) is 14.9 Å². The third kappa shape index (κ3) is 2.99. The summed E-state index contributed by atoms with van der Waals surface area (Å²) in [6.07, 6.45) is 7.54. The summed E-state index contributed by atoms with van der Waals surface area (Å²) < 4.78 is 12.1. The molecule has 1 spiro atoms.